The van der Waals surface area contributed by atoms with Crippen LogP contribution < -0.4 is 5.32 Å². The second-order valence-electron chi connectivity index (χ2n) is 8.39. The van der Waals surface area contributed by atoms with Crippen LogP contribution in [0.25, 0.3) is 0 Å². The third kappa shape index (κ3) is 2.24. The quantitative estimate of drug-likeness (QED) is 0.848. The summed E-state index contributed by atoms with van der Waals surface area (Å²) in [5.74, 6) is 0.271. The number of ketones is 1. The number of amides is 1. The molecule has 1 N–H and O–H groups in total. The van der Waals surface area contributed by atoms with Crippen molar-refractivity contribution in [2.24, 2.45) is 16.2 Å². The van der Waals surface area contributed by atoms with Gasteiger partial charge >= 0.3 is 0 Å². The summed E-state index contributed by atoms with van der Waals surface area (Å²) in [5, 5.41) is 3.09. The Kier molecular flexibility index (Phi) is 4.09. The minimum Gasteiger partial charge on any atom is -0.326 e. The molecule has 0 radical (unpaired) electrons. The van der Waals surface area contributed by atoms with Crippen LogP contribution >= 0.6 is 0 Å². The predicted octanol–water partition coefficient (Wildman–Crippen LogP) is 4.75. The molecule has 1 amide bonds. The number of Topliss-reactive ketones (excluding diaryl/α,β-unsaturated/α-hetero) is 1. The second-order valence-corrected chi connectivity index (χ2v) is 8.39. The Morgan fingerprint density at radius 1 is 1.12 bits per heavy atom. The molecule has 3 nitrogen and oxygen atoms in total. The van der Waals surface area contributed by atoms with E-state index in [9.17, 15) is 9.59 Å². The van der Waals surface area contributed by atoms with Gasteiger partial charge in [-0.15, -0.1) is 0 Å². The van der Waals surface area contributed by atoms with E-state index in [0.29, 0.717) is 6.42 Å². The van der Waals surface area contributed by atoms with E-state index >= 15 is 0 Å². The van der Waals surface area contributed by atoms with Gasteiger partial charge in [-0.1, -0.05) is 46.2 Å². The number of carbonyl (C=O) groups excluding carboxylic acids is 2. The highest BCUT2D eigenvalue weighted by Gasteiger charge is 2.72. The molecule has 130 valence electrons. The largest absolute Gasteiger partial charge is 0.326 e. The Bertz CT molecular complexity index is 661. The van der Waals surface area contributed by atoms with Crippen molar-refractivity contribution in [2.75, 3.05) is 5.32 Å². The van der Waals surface area contributed by atoms with Gasteiger partial charge in [0.05, 0.1) is 5.41 Å². The summed E-state index contributed by atoms with van der Waals surface area (Å²) in [4.78, 5) is 25.6. The SMILES string of the molecule is CCCCc1ccc(NC(=O)C23CCC(C)(C(=O)C2)C3(C)C)cc1. The van der Waals surface area contributed by atoms with Crippen LogP contribution in [0.5, 0.6) is 0 Å². The monoisotopic (exact) mass is 327 g/mol. The van der Waals surface area contributed by atoms with Crippen molar-refractivity contribution < 1.29 is 9.59 Å². The zero-order valence-corrected chi connectivity index (χ0v) is 15.4. The number of hydrogen-bond donors (Lipinski definition) is 1. The van der Waals surface area contributed by atoms with Crippen molar-refractivity contribution in [3.05, 3.63) is 29.8 Å². The molecule has 2 bridgehead atoms. The summed E-state index contributed by atoms with van der Waals surface area (Å²) < 4.78 is 0. The average Bonchev–Trinajstić information content (AvgIpc) is 2.84. The van der Waals surface area contributed by atoms with Crippen LogP contribution in [-0.4, -0.2) is 11.7 Å². The van der Waals surface area contributed by atoms with Gasteiger partial charge in [0.2, 0.25) is 5.91 Å². The molecule has 2 atom stereocenters. The summed E-state index contributed by atoms with van der Waals surface area (Å²) in [7, 11) is 0. The van der Waals surface area contributed by atoms with Crippen LogP contribution in [-0.2, 0) is 16.0 Å². The number of carbonyl (C=O) groups is 2. The molecular formula is C21H29NO2. The zero-order valence-electron chi connectivity index (χ0n) is 15.4. The number of unbranched alkanes of at least 4 members (excludes halogenated alkanes) is 1. The first-order valence-electron chi connectivity index (χ1n) is 9.20. The highest BCUT2D eigenvalue weighted by molar-refractivity contribution is 6.04. The molecule has 2 aliphatic rings. The molecule has 2 fully saturated rings. The van der Waals surface area contributed by atoms with Crippen molar-refractivity contribution in [1.29, 1.82) is 0 Å². The van der Waals surface area contributed by atoms with E-state index in [-0.39, 0.29) is 22.5 Å². The van der Waals surface area contributed by atoms with Crippen LogP contribution in [0, 0.1) is 16.2 Å². The Balaban J connectivity index is 1.77. The summed E-state index contributed by atoms with van der Waals surface area (Å²) in [6.07, 6.45) is 5.46. The zero-order chi connectivity index (χ0) is 17.6. The van der Waals surface area contributed by atoms with Gasteiger partial charge in [0.15, 0.2) is 0 Å². The first kappa shape index (κ1) is 17.2. The molecule has 2 unspecified atom stereocenters. The maximum absolute atomic E-state index is 13.1. The third-order valence-electron chi connectivity index (χ3n) is 7.17. The fourth-order valence-electron chi connectivity index (χ4n) is 4.75. The first-order valence-corrected chi connectivity index (χ1v) is 9.20. The van der Waals surface area contributed by atoms with E-state index in [4.69, 9.17) is 0 Å². The van der Waals surface area contributed by atoms with Crippen LogP contribution in [0.15, 0.2) is 24.3 Å². The van der Waals surface area contributed by atoms with Gasteiger partial charge in [-0.3, -0.25) is 9.59 Å². The fourth-order valence-corrected chi connectivity index (χ4v) is 4.75. The van der Waals surface area contributed by atoms with Crippen molar-refractivity contribution >= 4 is 17.4 Å². The molecule has 0 aromatic heterocycles. The standard InChI is InChI=1S/C21H29NO2/c1-5-6-7-15-8-10-16(11-9-15)22-18(24)21-13-12-20(4,17(23)14-21)19(21,2)3/h8-11H,5-7,12-14H2,1-4H3,(H,22,24). The Labute approximate surface area is 145 Å². The van der Waals surface area contributed by atoms with E-state index in [1.807, 2.05) is 19.1 Å². The lowest BCUT2D eigenvalue weighted by Crippen LogP contribution is -2.43. The molecule has 24 heavy (non-hydrogen) atoms. The van der Waals surface area contributed by atoms with Crippen molar-refractivity contribution in [3.63, 3.8) is 0 Å². The highest BCUT2D eigenvalue weighted by atomic mass is 16.2. The fraction of sp³-hybridized carbons (Fsp3) is 0.619. The number of fused-ring (bicyclic) bond motifs is 2. The summed E-state index contributed by atoms with van der Waals surface area (Å²) in [6, 6.07) is 8.15. The van der Waals surface area contributed by atoms with Gasteiger partial charge in [0.25, 0.3) is 0 Å². The predicted molar refractivity (Wildman–Crippen MR) is 96.9 cm³/mol. The number of hydrogen-bond acceptors (Lipinski definition) is 2. The lowest BCUT2D eigenvalue weighted by atomic mass is 9.64. The molecular weight excluding hydrogens is 298 g/mol. The minimum absolute atomic E-state index is 0.0170. The third-order valence-corrected chi connectivity index (χ3v) is 7.17. The lowest BCUT2D eigenvalue weighted by Gasteiger charge is -2.38. The Morgan fingerprint density at radius 2 is 1.79 bits per heavy atom. The van der Waals surface area contributed by atoms with Crippen LogP contribution in [0.2, 0.25) is 0 Å². The van der Waals surface area contributed by atoms with Crippen molar-refractivity contribution in [3.8, 4) is 0 Å². The minimum atomic E-state index is -0.556. The van der Waals surface area contributed by atoms with Gasteiger partial charge in [-0.2, -0.15) is 0 Å². The maximum Gasteiger partial charge on any atom is 0.231 e. The van der Waals surface area contributed by atoms with Gasteiger partial charge in [-0.25, -0.2) is 0 Å². The van der Waals surface area contributed by atoms with Crippen LogP contribution in [0.4, 0.5) is 5.69 Å². The molecule has 3 rings (SSSR count). The van der Waals surface area contributed by atoms with E-state index in [1.165, 1.54) is 18.4 Å². The first-order chi connectivity index (χ1) is 11.3. The van der Waals surface area contributed by atoms with E-state index < -0.39 is 5.41 Å². The summed E-state index contributed by atoms with van der Waals surface area (Å²) in [5.41, 5.74) is 0.937. The average molecular weight is 327 g/mol. The maximum atomic E-state index is 13.1. The molecule has 0 aliphatic heterocycles. The van der Waals surface area contributed by atoms with Crippen LogP contribution in [0.3, 0.4) is 0 Å². The molecule has 0 spiro atoms. The number of nitrogens with one attached hydrogen (secondary N) is 1. The molecule has 3 heteroatoms. The number of anilines is 1. The normalized spacial score (nSPS) is 30.6. The summed E-state index contributed by atoms with van der Waals surface area (Å²) >= 11 is 0. The summed E-state index contributed by atoms with van der Waals surface area (Å²) in [6.45, 7) is 8.42. The molecule has 2 aliphatic carbocycles. The topological polar surface area (TPSA) is 46.2 Å². The Hall–Kier alpha value is -1.64. The van der Waals surface area contributed by atoms with Gasteiger partial charge in [0, 0.05) is 17.5 Å². The lowest BCUT2D eigenvalue weighted by molar-refractivity contribution is -0.131. The molecule has 0 heterocycles. The van der Waals surface area contributed by atoms with Gasteiger partial charge < -0.3 is 5.32 Å². The number of rotatable bonds is 5. The van der Waals surface area contributed by atoms with Crippen LogP contribution in [0.1, 0.15) is 65.4 Å². The van der Waals surface area contributed by atoms with E-state index in [1.54, 1.807) is 0 Å². The Morgan fingerprint density at radius 3 is 2.29 bits per heavy atom. The van der Waals surface area contributed by atoms with Crippen molar-refractivity contribution in [2.45, 2.75) is 66.2 Å². The van der Waals surface area contributed by atoms with Gasteiger partial charge in [0.1, 0.15) is 5.78 Å². The van der Waals surface area contributed by atoms with E-state index in [2.05, 4.69) is 38.2 Å². The van der Waals surface area contributed by atoms with E-state index in [0.717, 1.165) is 24.9 Å². The van der Waals surface area contributed by atoms with Crippen molar-refractivity contribution in [1.82, 2.24) is 0 Å². The molecule has 1 aromatic carbocycles. The molecule has 1 aromatic rings. The second kappa shape index (κ2) is 5.72. The molecule has 2 saturated carbocycles. The molecule has 0 saturated heterocycles. The highest BCUT2D eigenvalue weighted by Crippen LogP contribution is 2.70. The number of aryl methyl sites for hydroxylation is 1. The smallest absolute Gasteiger partial charge is 0.231 e. The van der Waals surface area contributed by atoms with Gasteiger partial charge in [-0.05, 0) is 48.8 Å². The number of benzene rings is 1.